The van der Waals surface area contributed by atoms with Crippen LogP contribution in [0.1, 0.15) is 51.2 Å². The Morgan fingerprint density at radius 3 is 2.16 bits per heavy atom. The van der Waals surface area contributed by atoms with E-state index in [0.717, 1.165) is 12.8 Å². The lowest BCUT2D eigenvalue weighted by molar-refractivity contribution is -0.0268. The van der Waals surface area contributed by atoms with Crippen LogP contribution in [-0.2, 0) is 11.2 Å². The highest BCUT2D eigenvalue weighted by Crippen LogP contribution is 2.23. The molecule has 1 aromatic carbocycles. The SMILES string of the molecule is CCC(C)(OC)C(Cc1ccc(C(C)C)cc1)NC. The van der Waals surface area contributed by atoms with Crippen molar-refractivity contribution < 1.29 is 4.74 Å². The zero-order chi connectivity index (χ0) is 14.5. The Labute approximate surface area is 118 Å². The molecule has 2 nitrogen and oxygen atoms in total. The molecule has 0 saturated carbocycles. The second-order valence-corrected chi connectivity index (χ2v) is 5.81. The molecule has 2 heteroatoms. The van der Waals surface area contributed by atoms with Gasteiger partial charge >= 0.3 is 0 Å². The highest BCUT2D eigenvalue weighted by Gasteiger charge is 2.31. The number of hydrogen-bond acceptors (Lipinski definition) is 2. The fourth-order valence-electron chi connectivity index (χ4n) is 2.43. The van der Waals surface area contributed by atoms with Crippen molar-refractivity contribution in [1.29, 1.82) is 0 Å². The zero-order valence-electron chi connectivity index (χ0n) is 13.3. The van der Waals surface area contributed by atoms with Gasteiger partial charge in [-0.3, -0.25) is 0 Å². The monoisotopic (exact) mass is 263 g/mol. The van der Waals surface area contributed by atoms with Gasteiger partial charge in [0.25, 0.3) is 0 Å². The van der Waals surface area contributed by atoms with Gasteiger partial charge in [-0.1, -0.05) is 45.0 Å². The van der Waals surface area contributed by atoms with E-state index in [1.807, 2.05) is 7.05 Å². The second kappa shape index (κ2) is 7.06. The van der Waals surface area contributed by atoms with Crippen LogP contribution < -0.4 is 5.32 Å². The largest absolute Gasteiger partial charge is 0.377 e. The van der Waals surface area contributed by atoms with Gasteiger partial charge in [-0.15, -0.1) is 0 Å². The van der Waals surface area contributed by atoms with Crippen LogP contribution in [0.2, 0.25) is 0 Å². The number of nitrogens with one attached hydrogen (secondary N) is 1. The van der Waals surface area contributed by atoms with E-state index in [9.17, 15) is 0 Å². The van der Waals surface area contributed by atoms with E-state index in [2.05, 4.69) is 57.3 Å². The summed E-state index contributed by atoms with van der Waals surface area (Å²) in [5.41, 5.74) is 2.64. The molecular formula is C17H29NO. The van der Waals surface area contributed by atoms with Crippen LogP contribution in [-0.4, -0.2) is 25.8 Å². The van der Waals surface area contributed by atoms with Gasteiger partial charge in [-0.25, -0.2) is 0 Å². The zero-order valence-corrected chi connectivity index (χ0v) is 13.3. The average Bonchev–Trinajstić information content (AvgIpc) is 2.44. The van der Waals surface area contributed by atoms with Crippen LogP contribution in [0.4, 0.5) is 0 Å². The number of benzene rings is 1. The van der Waals surface area contributed by atoms with Crippen molar-refractivity contribution in [2.75, 3.05) is 14.2 Å². The standard InChI is InChI=1S/C17H29NO/c1-7-17(4,19-6)16(18-5)12-14-8-10-15(11-9-14)13(2)3/h8-11,13,16,18H,7,12H2,1-6H3. The molecule has 19 heavy (non-hydrogen) atoms. The van der Waals surface area contributed by atoms with E-state index in [1.165, 1.54) is 11.1 Å². The molecule has 0 spiro atoms. The van der Waals surface area contributed by atoms with Gasteiger partial charge in [-0.05, 0) is 43.9 Å². The molecule has 0 aliphatic rings. The maximum Gasteiger partial charge on any atom is 0.0803 e. The van der Waals surface area contributed by atoms with Gasteiger partial charge in [0, 0.05) is 13.2 Å². The Hall–Kier alpha value is -0.860. The summed E-state index contributed by atoms with van der Waals surface area (Å²) < 4.78 is 5.71. The van der Waals surface area contributed by atoms with Crippen LogP contribution in [0.5, 0.6) is 0 Å². The molecule has 2 unspecified atom stereocenters. The Morgan fingerprint density at radius 2 is 1.79 bits per heavy atom. The third kappa shape index (κ3) is 4.05. The fraction of sp³-hybridized carbons (Fsp3) is 0.647. The second-order valence-electron chi connectivity index (χ2n) is 5.81. The van der Waals surface area contributed by atoms with Crippen LogP contribution in [0.25, 0.3) is 0 Å². The molecule has 1 rings (SSSR count). The molecule has 0 aliphatic heterocycles. The summed E-state index contributed by atoms with van der Waals surface area (Å²) in [5.74, 6) is 0.592. The summed E-state index contributed by atoms with van der Waals surface area (Å²) >= 11 is 0. The minimum Gasteiger partial charge on any atom is -0.377 e. The number of likely N-dealkylation sites (N-methyl/N-ethyl adjacent to an activating group) is 1. The molecule has 108 valence electrons. The average molecular weight is 263 g/mol. The van der Waals surface area contributed by atoms with Crippen LogP contribution in [0, 0.1) is 0 Å². The molecule has 0 aliphatic carbocycles. The van der Waals surface area contributed by atoms with Crippen molar-refractivity contribution in [3.63, 3.8) is 0 Å². The van der Waals surface area contributed by atoms with Gasteiger partial charge in [0.1, 0.15) is 0 Å². The van der Waals surface area contributed by atoms with Crippen molar-refractivity contribution in [2.24, 2.45) is 0 Å². The molecule has 0 bridgehead atoms. The molecular weight excluding hydrogens is 234 g/mol. The molecule has 0 radical (unpaired) electrons. The minimum absolute atomic E-state index is 0.120. The van der Waals surface area contributed by atoms with Gasteiger partial charge in [-0.2, -0.15) is 0 Å². The first-order valence-corrected chi connectivity index (χ1v) is 7.28. The van der Waals surface area contributed by atoms with E-state index in [0.29, 0.717) is 12.0 Å². The summed E-state index contributed by atoms with van der Waals surface area (Å²) in [5, 5.41) is 3.41. The third-order valence-corrected chi connectivity index (χ3v) is 4.34. The molecule has 0 saturated heterocycles. The lowest BCUT2D eigenvalue weighted by Crippen LogP contribution is -2.49. The maximum absolute atomic E-state index is 5.71. The predicted molar refractivity (Wildman–Crippen MR) is 82.8 cm³/mol. The van der Waals surface area contributed by atoms with E-state index in [1.54, 1.807) is 7.11 Å². The maximum atomic E-state index is 5.71. The lowest BCUT2D eigenvalue weighted by atomic mass is 9.88. The Bertz CT molecular complexity index is 365. The summed E-state index contributed by atoms with van der Waals surface area (Å²) in [7, 11) is 3.82. The van der Waals surface area contributed by atoms with E-state index in [-0.39, 0.29) is 5.60 Å². The van der Waals surface area contributed by atoms with Crippen LogP contribution in [0.15, 0.2) is 24.3 Å². The smallest absolute Gasteiger partial charge is 0.0803 e. The first kappa shape index (κ1) is 16.2. The van der Waals surface area contributed by atoms with E-state index in [4.69, 9.17) is 4.74 Å². The van der Waals surface area contributed by atoms with Crippen LogP contribution in [0.3, 0.4) is 0 Å². The summed E-state index contributed by atoms with van der Waals surface area (Å²) in [6.45, 7) is 8.81. The lowest BCUT2D eigenvalue weighted by Gasteiger charge is -2.35. The van der Waals surface area contributed by atoms with E-state index < -0.39 is 0 Å². The Kier molecular flexibility index (Phi) is 6.02. The first-order valence-electron chi connectivity index (χ1n) is 7.28. The molecule has 1 N–H and O–H groups in total. The summed E-state index contributed by atoms with van der Waals surface area (Å²) in [6, 6.07) is 9.29. The molecule has 0 aromatic heterocycles. The quantitative estimate of drug-likeness (QED) is 0.809. The van der Waals surface area contributed by atoms with Gasteiger partial charge in [0.2, 0.25) is 0 Å². The highest BCUT2D eigenvalue weighted by molar-refractivity contribution is 5.25. The van der Waals surface area contributed by atoms with Crippen molar-refractivity contribution in [1.82, 2.24) is 5.32 Å². The van der Waals surface area contributed by atoms with Gasteiger partial charge < -0.3 is 10.1 Å². The fourth-order valence-corrected chi connectivity index (χ4v) is 2.43. The Morgan fingerprint density at radius 1 is 1.21 bits per heavy atom. The normalized spacial score (nSPS) is 16.4. The van der Waals surface area contributed by atoms with Crippen molar-refractivity contribution >= 4 is 0 Å². The van der Waals surface area contributed by atoms with Crippen molar-refractivity contribution in [2.45, 2.75) is 58.1 Å². The molecule has 1 aromatic rings. The number of rotatable bonds is 7. The number of hydrogen-bond donors (Lipinski definition) is 1. The highest BCUT2D eigenvalue weighted by atomic mass is 16.5. The molecule has 0 fully saturated rings. The summed E-state index contributed by atoms with van der Waals surface area (Å²) in [6.07, 6.45) is 1.99. The number of methoxy groups -OCH3 is 1. The topological polar surface area (TPSA) is 21.3 Å². The first-order chi connectivity index (χ1) is 8.96. The minimum atomic E-state index is -0.120. The third-order valence-electron chi connectivity index (χ3n) is 4.34. The van der Waals surface area contributed by atoms with Gasteiger partial charge in [0.15, 0.2) is 0 Å². The van der Waals surface area contributed by atoms with Crippen molar-refractivity contribution in [3.05, 3.63) is 35.4 Å². The Balaban J connectivity index is 2.81. The molecule has 2 atom stereocenters. The van der Waals surface area contributed by atoms with Crippen molar-refractivity contribution in [3.8, 4) is 0 Å². The van der Waals surface area contributed by atoms with E-state index >= 15 is 0 Å². The molecule has 0 amide bonds. The van der Waals surface area contributed by atoms with Crippen LogP contribution >= 0.6 is 0 Å². The number of ether oxygens (including phenoxy) is 1. The summed E-state index contributed by atoms with van der Waals surface area (Å²) in [4.78, 5) is 0. The van der Waals surface area contributed by atoms with Gasteiger partial charge in [0.05, 0.1) is 5.60 Å². The predicted octanol–water partition coefficient (Wildman–Crippen LogP) is 3.76. The molecule has 0 heterocycles.